The van der Waals surface area contributed by atoms with Crippen molar-refractivity contribution >= 4 is 0 Å². The standard InChI is InChI=1S/C7H13F2N.C2H6/c1-6(2)7(8,9)4-5-10(6)3;1-2/h4-5H2,1-3H3;1-2H3. The van der Waals surface area contributed by atoms with E-state index in [1.54, 1.807) is 25.8 Å². The van der Waals surface area contributed by atoms with E-state index in [1.807, 2.05) is 13.8 Å². The molecule has 0 aliphatic carbocycles. The Hall–Kier alpha value is -0.180. The average molecular weight is 179 g/mol. The Labute approximate surface area is 73.7 Å². The second kappa shape index (κ2) is 3.69. The number of hydrogen-bond donors (Lipinski definition) is 0. The number of hydrogen-bond acceptors (Lipinski definition) is 1. The Balaban J connectivity index is 0.000000561. The van der Waals surface area contributed by atoms with Gasteiger partial charge in [0, 0.05) is 13.0 Å². The fraction of sp³-hybridized carbons (Fsp3) is 1.00. The van der Waals surface area contributed by atoms with Crippen molar-refractivity contribution in [2.45, 2.75) is 45.6 Å². The molecule has 1 aliphatic rings. The van der Waals surface area contributed by atoms with Gasteiger partial charge in [-0.2, -0.15) is 0 Å². The van der Waals surface area contributed by atoms with Gasteiger partial charge in [0.2, 0.25) is 0 Å². The Morgan fingerprint density at radius 1 is 1.17 bits per heavy atom. The highest BCUT2D eigenvalue weighted by Gasteiger charge is 2.53. The van der Waals surface area contributed by atoms with Crippen LogP contribution < -0.4 is 0 Å². The lowest BCUT2D eigenvalue weighted by Gasteiger charge is -2.32. The van der Waals surface area contributed by atoms with E-state index in [1.165, 1.54) is 0 Å². The van der Waals surface area contributed by atoms with Gasteiger partial charge in [0.05, 0.1) is 5.54 Å². The van der Waals surface area contributed by atoms with Crippen LogP contribution in [0.2, 0.25) is 0 Å². The number of rotatable bonds is 0. The number of halogens is 2. The van der Waals surface area contributed by atoms with Gasteiger partial charge < -0.3 is 0 Å². The van der Waals surface area contributed by atoms with E-state index in [9.17, 15) is 8.78 Å². The average Bonchev–Trinajstić information content (AvgIpc) is 2.18. The molecule has 0 unspecified atom stereocenters. The molecule has 1 aliphatic heterocycles. The molecule has 1 nitrogen and oxygen atoms in total. The molecular weight excluding hydrogens is 160 g/mol. The topological polar surface area (TPSA) is 3.24 Å². The minimum atomic E-state index is -2.51. The molecular formula is C9H19F2N. The molecule has 0 aromatic rings. The highest BCUT2D eigenvalue weighted by Crippen LogP contribution is 2.41. The minimum Gasteiger partial charge on any atom is -0.296 e. The molecule has 0 atom stereocenters. The summed E-state index contributed by atoms with van der Waals surface area (Å²) in [5, 5.41) is 0. The highest BCUT2D eigenvalue weighted by molar-refractivity contribution is 4.99. The second-order valence-corrected chi connectivity index (χ2v) is 3.44. The van der Waals surface area contributed by atoms with Crippen molar-refractivity contribution in [3.05, 3.63) is 0 Å². The summed E-state index contributed by atoms with van der Waals surface area (Å²) in [6.07, 6.45) is -0.00347. The van der Waals surface area contributed by atoms with Crippen LogP contribution in [0.1, 0.15) is 34.1 Å². The molecule has 0 amide bonds. The van der Waals surface area contributed by atoms with Gasteiger partial charge in [-0.15, -0.1) is 0 Å². The van der Waals surface area contributed by atoms with Gasteiger partial charge in [-0.1, -0.05) is 13.8 Å². The van der Waals surface area contributed by atoms with Crippen LogP contribution in [0.3, 0.4) is 0 Å². The molecule has 0 saturated carbocycles. The minimum absolute atomic E-state index is 0.00347. The third-order valence-electron chi connectivity index (χ3n) is 2.61. The maximum Gasteiger partial charge on any atom is 0.266 e. The summed E-state index contributed by atoms with van der Waals surface area (Å²) in [7, 11) is 1.74. The van der Waals surface area contributed by atoms with Crippen molar-refractivity contribution in [1.82, 2.24) is 4.90 Å². The summed E-state index contributed by atoms with van der Waals surface area (Å²) in [5.74, 6) is -2.51. The summed E-state index contributed by atoms with van der Waals surface area (Å²) >= 11 is 0. The third kappa shape index (κ3) is 1.76. The zero-order chi connectivity index (χ0) is 9.99. The molecule has 1 rings (SSSR count). The first-order valence-electron chi connectivity index (χ1n) is 4.47. The van der Waals surface area contributed by atoms with Crippen molar-refractivity contribution < 1.29 is 8.78 Å². The first-order chi connectivity index (χ1) is 5.38. The van der Waals surface area contributed by atoms with E-state index in [0.29, 0.717) is 6.54 Å². The van der Waals surface area contributed by atoms with Crippen LogP contribution in [0.15, 0.2) is 0 Å². The van der Waals surface area contributed by atoms with Crippen LogP contribution in [0, 0.1) is 0 Å². The van der Waals surface area contributed by atoms with E-state index in [4.69, 9.17) is 0 Å². The van der Waals surface area contributed by atoms with Crippen LogP contribution in [0.5, 0.6) is 0 Å². The molecule has 0 aromatic carbocycles. The molecule has 0 spiro atoms. The molecule has 0 bridgehead atoms. The first-order valence-corrected chi connectivity index (χ1v) is 4.47. The predicted octanol–water partition coefficient (Wildman–Crippen LogP) is 2.76. The quantitative estimate of drug-likeness (QED) is 0.552. The summed E-state index contributed by atoms with van der Waals surface area (Å²) in [5.41, 5.74) is -0.951. The van der Waals surface area contributed by atoms with E-state index in [-0.39, 0.29) is 6.42 Å². The Morgan fingerprint density at radius 2 is 1.58 bits per heavy atom. The van der Waals surface area contributed by atoms with Gasteiger partial charge in [-0.25, -0.2) is 8.78 Å². The van der Waals surface area contributed by atoms with E-state index >= 15 is 0 Å². The zero-order valence-corrected chi connectivity index (χ0v) is 8.62. The van der Waals surface area contributed by atoms with E-state index in [0.717, 1.165) is 0 Å². The smallest absolute Gasteiger partial charge is 0.266 e. The van der Waals surface area contributed by atoms with Crippen molar-refractivity contribution in [3.8, 4) is 0 Å². The van der Waals surface area contributed by atoms with E-state index < -0.39 is 11.5 Å². The predicted molar refractivity (Wildman–Crippen MR) is 47.6 cm³/mol. The number of alkyl halides is 2. The molecule has 12 heavy (non-hydrogen) atoms. The molecule has 1 fully saturated rings. The van der Waals surface area contributed by atoms with Gasteiger partial charge in [0.15, 0.2) is 0 Å². The SMILES string of the molecule is CC.CN1CCC(F)(F)C1(C)C. The van der Waals surface area contributed by atoms with Gasteiger partial charge in [-0.05, 0) is 20.9 Å². The summed E-state index contributed by atoms with van der Waals surface area (Å²) < 4.78 is 25.9. The summed E-state index contributed by atoms with van der Waals surface area (Å²) in [4.78, 5) is 1.70. The van der Waals surface area contributed by atoms with Crippen LogP contribution in [-0.4, -0.2) is 30.0 Å². The largest absolute Gasteiger partial charge is 0.296 e. The molecule has 74 valence electrons. The van der Waals surface area contributed by atoms with Crippen molar-refractivity contribution in [3.63, 3.8) is 0 Å². The van der Waals surface area contributed by atoms with Crippen molar-refractivity contribution in [2.24, 2.45) is 0 Å². The maximum atomic E-state index is 12.9. The molecule has 0 radical (unpaired) electrons. The van der Waals surface area contributed by atoms with Gasteiger partial charge in [0.25, 0.3) is 5.92 Å². The Bertz CT molecular complexity index is 143. The van der Waals surface area contributed by atoms with Gasteiger partial charge >= 0.3 is 0 Å². The first kappa shape index (κ1) is 11.8. The van der Waals surface area contributed by atoms with Crippen LogP contribution >= 0.6 is 0 Å². The molecule has 0 N–H and O–H groups in total. The monoisotopic (exact) mass is 179 g/mol. The van der Waals surface area contributed by atoms with Crippen molar-refractivity contribution in [2.75, 3.05) is 13.6 Å². The molecule has 0 aromatic heterocycles. The van der Waals surface area contributed by atoms with Crippen LogP contribution in [0.25, 0.3) is 0 Å². The summed E-state index contributed by atoms with van der Waals surface area (Å²) in [6, 6.07) is 0. The van der Waals surface area contributed by atoms with E-state index in [2.05, 4.69) is 0 Å². The summed E-state index contributed by atoms with van der Waals surface area (Å²) in [6.45, 7) is 7.67. The fourth-order valence-electron chi connectivity index (χ4n) is 1.17. The van der Waals surface area contributed by atoms with Gasteiger partial charge in [0.1, 0.15) is 0 Å². The normalized spacial score (nSPS) is 26.2. The Morgan fingerprint density at radius 3 is 1.67 bits per heavy atom. The molecule has 3 heteroatoms. The lowest BCUT2D eigenvalue weighted by molar-refractivity contribution is -0.0725. The fourth-order valence-corrected chi connectivity index (χ4v) is 1.17. The van der Waals surface area contributed by atoms with Crippen LogP contribution in [-0.2, 0) is 0 Å². The zero-order valence-electron chi connectivity index (χ0n) is 8.62. The third-order valence-corrected chi connectivity index (χ3v) is 2.61. The maximum absolute atomic E-state index is 12.9. The molecule has 1 saturated heterocycles. The Kier molecular flexibility index (Phi) is 3.63. The molecule has 1 heterocycles. The number of likely N-dealkylation sites (tertiary alicyclic amines) is 1. The number of nitrogens with zero attached hydrogens (tertiary/aromatic N) is 1. The second-order valence-electron chi connectivity index (χ2n) is 3.44. The highest BCUT2D eigenvalue weighted by atomic mass is 19.3. The van der Waals surface area contributed by atoms with Crippen LogP contribution in [0.4, 0.5) is 8.78 Å². The lowest BCUT2D eigenvalue weighted by Crippen LogP contribution is -2.46. The lowest BCUT2D eigenvalue weighted by atomic mass is 9.98. The van der Waals surface area contributed by atoms with Crippen molar-refractivity contribution in [1.29, 1.82) is 0 Å². The van der Waals surface area contributed by atoms with Gasteiger partial charge in [-0.3, -0.25) is 4.90 Å².